The van der Waals surface area contributed by atoms with Gasteiger partial charge >= 0.3 is 0 Å². The first-order chi connectivity index (χ1) is 8.74. The van der Waals surface area contributed by atoms with Crippen molar-refractivity contribution in [2.24, 2.45) is 0 Å². The molecule has 18 heavy (non-hydrogen) atoms. The molecule has 3 N–H and O–H groups in total. The number of nitrogen functional groups attached to an aromatic ring is 1. The largest absolute Gasteiger partial charge is 0.394 e. The quantitative estimate of drug-likeness (QED) is 0.829. The van der Waals surface area contributed by atoms with Crippen molar-refractivity contribution in [2.75, 3.05) is 11.1 Å². The minimum atomic E-state index is 0.216. The molecule has 0 saturated heterocycles. The van der Waals surface area contributed by atoms with Crippen LogP contribution in [-0.2, 0) is 6.42 Å². The van der Waals surface area contributed by atoms with Crippen molar-refractivity contribution in [1.29, 1.82) is 0 Å². The lowest BCUT2D eigenvalue weighted by molar-refractivity contribution is 0.607. The van der Waals surface area contributed by atoms with E-state index in [1.54, 1.807) is 0 Å². The van der Waals surface area contributed by atoms with Crippen LogP contribution in [0.5, 0.6) is 0 Å². The molecule has 0 bridgehead atoms. The van der Waals surface area contributed by atoms with Gasteiger partial charge in [-0.25, -0.2) is 4.98 Å². The van der Waals surface area contributed by atoms with Crippen LogP contribution in [0.4, 0.5) is 11.5 Å². The van der Waals surface area contributed by atoms with Crippen molar-refractivity contribution in [2.45, 2.75) is 25.3 Å². The summed E-state index contributed by atoms with van der Waals surface area (Å²) in [5, 5.41) is 5.73. The van der Waals surface area contributed by atoms with E-state index in [2.05, 4.69) is 26.7 Å². The Morgan fingerprint density at radius 3 is 3.28 bits per heavy atom. The maximum absolute atomic E-state index is 5.86. The van der Waals surface area contributed by atoms with Crippen LogP contribution in [0.2, 0.25) is 5.28 Å². The van der Waals surface area contributed by atoms with E-state index >= 15 is 0 Å². The van der Waals surface area contributed by atoms with E-state index in [1.807, 2.05) is 11.3 Å². The van der Waals surface area contributed by atoms with E-state index < -0.39 is 0 Å². The maximum Gasteiger partial charge on any atom is 0.224 e. The third kappa shape index (κ3) is 2.15. The Morgan fingerprint density at radius 1 is 1.50 bits per heavy atom. The van der Waals surface area contributed by atoms with E-state index in [0.717, 1.165) is 6.42 Å². The summed E-state index contributed by atoms with van der Waals surface area (Å²) in [5.74, 6) is 0.624. The predicted octanol–water partition coefficient (Wildman–Crippen LogP) is 3.26. The first-order valence-electron chi connectivity index (χ1n) is 5.85. The van der Waals surface area contributed by atoms with Crippen LogP contribution in [0.15, 0.2) is 17.6 Å². The van der Waals surface area contributed by atoms with Gasteiger partial charge in [0.05, 0.1) is 17.9 Å². The minimum absolute atomic E-state index is 0.216. The second-order valence-electron chi connectivity index (χ2n) is 4.33. The van der Waals surface area contributed by atoms with Crippen LogP contribution in [0.25, 0.3) is 0 Å². The lowest BCUT2D eigenvalue weighted by Crippen LogP contribution is -2.17. The Labute approximate surface area is 114 Å². The highest BCUT2D eigenvalue weighted by Crippen LogP contribution is 2.36. The highest BCUT2D eigenvalue weighted by molar-refractivity contribution is 7.10. The summed E-state index contributed by atoms with van der Waals surface area (Å²) in [4.78, 5) is 9.46. The normalized spacial score (nSPS) is 18.4. The molecule has 6 heteroatoms. The van der Waals surface area contributed by atoms with Crippen molar-refractivity contribution in [3.05, 3.63) is 33.4 Å². The molecule has 2 aromatic heterocycles. The maximum atomic E-state index is 5.86. The van der Waals surface area contributed by atoms with Gasteiger partial charge in [0, 0.05) is 4.88 Å². The fraction of sp³-hybridized carbons (Fsp3) is 0.333. The van der Waals surface area contributed by atoms with E-state index in [-0.39, 0.29) is 11.3 Å². The number of thiophene rings is 1. The van der Waals surface area contributed by atoms with Crippen molar-refractivity contribution in [3.8, 4) is 0 Å². The van der Waals surface area contributed by atoms with Crippen LogP contribution >= 0.6 is 22.9 Å². The Kier molecular flexibility index (Phi) is 3.09. The van der Waals surface area contributed by atoms with Gasteiger partial charge in [-0.05, 0) is 47.9 Å². The number of aromatic nitrogens is 2. The monoisotopic (exact) mass is 280 g/mol. The molecule has 0 fully saturated rings. The molecule has 0 saturated carbocycles. The third-order valence-corrected chi connectivity index (χ3v) is 4.33. The second-order valence-corrected chi connectivity index (χ2v) is 5.67. The summed E-state index contributed by atoms with van der Waals surface area (Å²) >= 11 is 7.61. The number of rotatable bonds is 2. The van der Waals surface area contributed by atoms with Gasteiger partial charge in [0.15, 0.2) is 5.82 Å². The molecule has 94 valence electrons. The fourth-order valence-corrected chi connectivity index (χ4v) is 3.41. The first-order valence-corrected chi connectivity index (χ1v) is 7.10. The zero-order valence-electron chi connectivity index (χ0n) is 9.69. The number of fused-ring (bicyclic) bond motifs is 1. The van der Waals surface area contributed by atoms with Crippen molar-refractivity contribution >= 4 is 34.4 Å². The molecule has 0 aromatic carbocycles. The fourth-order valence-electron chi connectivity index (χ4n) is 2.29. The summed E-state index contributed by atoms with van der Waals surface area (Å²) in [6.07, 6.45) is 4.98. The van der Waals surface area contributed by atoms with Gasteiger partial charge in [0.2, 0.25) is 5.28 Å². The molecule has 2 aromatic rings. The smallest absolute Gasteiger partial charge is 0.224 e. The highest BCUT2D eigenvalue weighted by atomic mass is 35.5. The summed E-state index contributed by atoms with van der Waals surface area (Å²) < 4.78 is 0. The molecule has 0 spiro atoms. The van der Waals surface area contributed by atoms with Crippen molar-refractivity contribution in [3.63, 3.8) is 0 Å². The number of anilines is 2. The molecule has 4 nitrogen and oxygen atoms in total. The van der Waals surface area contributed by atoms with Crippen LogP contribution in [0.3, 0.4) is 0 Å². The first kappa shape index (κ1) is 11.7. The molecule has 1 aliphatic carbocycles. The zero-order valence-corrected chi connectivity index (χ0v) is 11.3. The minimum Gasteiger partial charge on any atom is -0.394 e. The Hall–Kier alpha value is -1.33. The third-order valence-electron chi connectivity index (χ3n) is 3.15. The topological polar surface area (TPSA) is 63.8 Å². The lowest BCUT2D eigenvalue weighted by atomic mass is 9.94. The van der Waals surface area contributed by atoms with E-state index in [0.29, 0.717) is 11.5 Å². The average Bonchev–Trinajstić information content (AvgIpc) is 2.83. The predicted molar refractivity (Wildman–Crippen MR) is 75.1 cm³/mol. The molecule has 0 aliphatic heterocycles. The molecule has 3 rings (SSSR count). The van der Waals surface area contributed by atoms with Gasteiger partial charge in [-0.2, -0.15) is 4.98 Å². The standard InChI is InChI=1S/C12H13ClN4S/c13-12-15-6-8(14)11(17-12)16-9-2-1-3-10-7(9)4-5-18-10/h4-6,9H,1-3,14H2,(H,15,16,17). The number of halogens is 1. The van der Waals surface area contributed by atoms with Crippen molar-refractivity contribution in [1.82, 2.24) is 9.97 Å². The molecule has 0 radical (unpaired) electrons. The van der Waals surface area contributed by atoms with Crippen LogP contribution < -0.4 is 11.1 Å². The van der Waals surface area contributed by atoms with Gasteiger partial charge in [-0.15, -0.1) is 11.3 Å². The highest BCUT2D eigenvalue weighted by Gasteiger charge is 2.22. The Bertz CT molecular complexity index is 569. The molecule has 1 atom stereocenters. The van der Waals surface area contributed by atoms with Gasteiger partial charge < -0.3 is 11.1 Å². The number of nitrogens with one attached hydrogen (secondary N) is 1. The van der Waals surface area contributed by atoms with E-state index in [9.17, 15) is 0 Å². The number of nitrogens with zero attached hydrogens (tertiary/aromatic N) is 2. The molecular weight excluding hydrogens is 268 g/mol. The van der Waals surface area contributed by atoms with Crippen LogP contribution in [0, 0.1) is 0 Å². The van der Waals surface area contributed by atoms with Gasteiger partial charge in [-0.1, -0.05) is 0 Å². The SMILES string of the molecule is Nc1cnc(Cl)nc1NC1CCCc2sccc21. The summed E-state index contributed by atoms with van der Waals surface area (Å²) in [6.45, 7) is 0. The van der Waals surface area contributed by atoms with Crippen LogP contribution in [-0.4, -0.2) is 9.97 Å². The molecule has 1 unspecified atom stereocenters. The van der Waals surface area contributed by atoms with E-state index in [1.165, 1.54) is 29.5 Å². The zero-order chi connectivity index (χ0) is 12.5. The van der Waals surface area contributed by atoms with Gasteiger partial charge in [0.25, 0.3) is 0 Å². The number of nitrogens with two attached hydrogens (primary N) is 1. The van der Waals surface area contributed by atoms with Gasteiger partial charge in [0.1, 0.15) is 0 Å². The number of hydrogen-bond donors (Lipinski definition) is 2. The summed E-state index contributed by atoms with van der Waals surface area (Å²) in [6, 6.07) is 2.45. The Morgan fingerprint density at radius 2 is 2.39 bits per heavy atom. The molecule has 2 heterocycles. The Balaban J connectivity index is 1.88. The molecule has 0 amide bonds. The lowest BCUT2D eigenvalue weighted by Gasteiger charge is -2.24. The average molecular weight is 281 g/mol. The summed E-state index contributed by atoms with van der Waals surface area (Å²) in [7, 11) is 0. The van der Waals surface area contributed by atoms with Crippen LogP contribution in [0.1, 0.15) is 29.3 Å². The second kappa shape index (κ2) is 4.74. The molecular formula is C12H13ClN4S. The van der Waals surface area contributed by atoms with E-state index in [4.69, 9.17) is 17.3 Å². The summed E-state index contributed by atoms with van der Waals surface area (Å²) in [5.41, 5.74) is 7.75. The number of aryl methyl sites for hydroxylation is 1. The van der Waals surface area contributed by atoms with Gasteiger partial charge in [-0.3, -0.25) is 0 Å². The van der Waals surface area contributed by atoms with Crippen molar-refractivity contribution < 1.29 is 0 Å². The number of hydrogen-bond acceptors (Lipinski definition) is 5. The molecule has 1 aliphatic rings.